The zero-order valence-corrected chi connectivity index (χ0v) is 17.3. The van der Waals surface area contributed by atoms with Gasteiger partial charge in [0.25, 0.3) is 0 Å². The summed E-state index contributed by atoms with van der Waals surface area (Å²) in [4.78, 5) is 6.47. The Balaban J connectivity index is 1.88. The summed E-state index contributed by atoms with van der Waals surface area (Å²) >= 11 is 0. The van der Waals surface area contributed by atoms with Crippen molar-refractivity contribution < 1.29 is 12.8 Å². The fourth-order valence-corrected chi connectivity index (χ4v) is 4.19. The molecule has 0 saturated heterocycles. The molecule has 0 aliphatic rings. The summed E-state index contributed by atoms with van der Waals surface area (Å²) in [6.07, 6.45) is 0.467. The largest absolute Gasteiger partial charge is 0.357 e. The van der Waals surface area contributed by atoms with Crippen LogP contribution in [-0.4, -0.2) is 45.2 Å². The molecule has 0 bridgehead atoms. The minimum absolute atomic E-state index is 0.0576. The lowest BCUT2D eigenvalue weighted by atomic mass is 10.2. The minimum Gasteiger partial charge on any atom is -0.357 e. The Labute approximate surface area is 167 Å². The number of hydrogen-bond donors (Lipinski definition) is 1. The molecule has 0 spiro atoms. The standard InChI is InChI=1S/C21H28FN3O2S/c1-3-23-21(25(2)16-18-10-12-20(22)13-11-18)24-14-7-15-28(26,27)17-19-8-5-4-6-9-19/h4-6,8-13H,3,7,14-17H2,1-2H3,(H,23,24). The summed E-state index contributed by atoms with van der Waals surface area (Å²) < 4.78 is 37.6. The van der Waals surface area contributed by atoms with Gasteiger partial charge in [0.2, 0.25) is 0 Å². The van der Waals surface area contributed by atoms with Crippen molar-refractivity contribution in [1.82, 2.24) is 10.2 Å². The van der Waals surface area contributed by atoms with Gasteiger partial charge in [0, 0.05) is 26.7 Å². The number of hydrogen-bond acceptors (Lipinski definition) is 3. The smallest absolute Gasteiger partial charge is 0.193 e. The highest BCUT2D eigenvalue weighted by atomic mass is 32.2. The van der Waals surface area contributed by atoms with Crippen LogP contribution in [-0.2, 0) is 22.1 Å². The number of benzene rings is 2. The van der Waals surface area contributed by atoms with Crippen LogP contribution < -0.4 is 5.32 Å². The Morgan fingerprint density at radius 1 is 1.07 bits per heavy atom. The maximum atomic E-state index is 13.0. The number of sulfone groups is 1. The van der Waals surface area contributed by atoms with E-state index in [1.54, 1.807) is 12.1 Å². The number of rotatable bonds is 9. The van der Waals surface area contributed by atoms with Gasteiger partial charge in [0.05, 0.1) is 11.5 Å². The third kappa shape index (κ3) is 7.68. The van der Waals surface area contributed by atoms with E-state index in [2.05, 4.69) is 10.3 Å². The van der Waals surface area contributed by atoms with E-state index in [1.165, 1.54) is 12.1 Å². The summed E-state index contributed by atoms with van der Waals surface area (Å²) in [5, 5.41) is 3.20. The number of halogens is 1. The van der Waals surface area contributed by atoms with E-state index in [1.807, 2.05) is 49.2 Å². The van der Waals surface area contributed by atoms with Crippen molar-refractivity contribution in [3.63, 3.8) is 0 Å². The van der Waals surface area contributed by atoms with Gasteiger partial charge in [0.1, 0.15) is 5.82 Å². The Bertz CT molecular complexity index is 853. The third-order valence-electron chi connectivity index (χ3n) is 4.13. The summed E-state index contributed by atoms with van der Waals surface area (Å²) in [7, 11) is -1.26. The van der Waals surface area contributed by atoms with Crippen LogP contribution in [0.4, 0.5) is 4.39 Å². The van der Waals surface area contributed by atoms with Crippen molar-refractivity contribution in [3.05, 3.63) is 71.5 Å². The molecule has 0 unspecified atom stereocenters. The van der Waals surface area contributed by atoms with Crippen LogP contribution in [0.3, 0.4) is 0 Å². The van der Waals surface area contributed by atoms with Crippen LogP contribution >= 0.6 is 0 Å². The van der Waals surface area contributed by atoms with Gasteiger partial charge in [-0.15, -0.1) is 0 Å². The van der Waals surface area contributed by atoms with E-state index < -0.39 is 9.84 Å². The molecule has 0 aromatic heterocycles. The highest BCUT2D eigenvalue weighted by Crippen LogP contribution is 2.08. The van der Waals surface area contributed by atoms with Crippen LogP contribution in [0.5, 0.6) is 0 Å². The van der Waals surface area contributed by atoms with Crippen molar-refractivity contribution in [1.29, 1.82) is 0 Å². The highest BCUT2D eigenvalue weighted by Gasteiger charge is 2.12. The molecule has 0 atom stereocenters. The third-order valence-corrected chi connectivity index (χ3v) is 5.82. The van der Waals surface area contributed by atoms with Crippen LogP contribution in [0, 0.1) is 5.82 Å². The van der Waals surface area contributed by atoms with E-state index in [9.17, 15) is 12.8 Å². The normalized spacial score (nSPS) is 12.0. The average Bonchev–Trinajstić information content (AvgIpc) is 2.66. The quantitative estimate of drug-likeness (QED) is 0.395. The molecule has 0 aliphatic carbocycles. The molecule has 1 N–H and O–H groups in total. The molecule has 0 saturated carbocycles. The van der Waals surface area contributed by atoms with E-state index in [0.717, 1.165) is 11.1 Å². The van der Waals surface area contributed by atoms with Crippen molar-refractivity contribution in [2.75, 3.05) is 25.9 Å². The molecule has 0 amide bonds. The van der Waals surface area contributed by atoms with E-state index >= 15 is 0 Å². The molecule has 2 aromatic carbocycles. The second-order valence-electron chi connectivity index (χ2n) is 6.65. The Morgan fingerprint density at radius 3 is 2.39 bits per heavy atom. The zero-order valence-electron chi connectivity index (χ0n) is 16.4. The van der Waals surface area contributed by atoms with Gasteiger partial charge in [-0.2, -0.15) is 0 Å². The predicted octanol–water partition coefficient (Wildman–Crippen LogP) is 3.23. The van der Waals surface area contributed by atoms with Crippen LogP contribution in [0.25, 0.3) is 0 Å². The monoisotopic (exact) mass is 405 g/mol. The molecule has 0 fully saturated rings. The Morgan fingerprint density at radius 2 is 1.75 bits per heavy atom. The lowest BCUT2D eigenvalue weighted by molar-refractivity contribution is 0.476. The van der Waals surface area contributed by atoms with Gasteiger partial charge in [-0.25, -0.2) is 12.8 Å². The lowest BCUT2D eigenvalue weighted by Gasteiger charge is -2.22. The van der Waals surface area contributed by atoms with Crippen molar-refractivity contribution in [2.24, 2.45) is 4.99 Å². The summed E-state index contributed by atoms with van der Waals surface area (Å²) in [5.74, 6) is 0.602. The van der Waals surface area contributed by atoms with Crippen LogP contribution in [0.2, 0.25) is 0 Å². The zero-order chi connectivity index (χ0) is 20.4. The molecule has 7 heteroatoms. The van der Waals surface area contributed by atoms with Crippen molar-refractivity contribution in [2.45, 2.75) is 25.6 Å². The van der Waals surface area contributed by atoms with Gasteiger partial charge in [-0.1, -0.05) is 42.5 Å². The predicted molar refractivity (Wildman–Crippen MR) is 112 cm³/mol. The molecular weight excluding hydrogens is 377 g/mol. The fourth-order valence-electron chi connectivity index (χ4n) is 2.78. The molecule has 28 heavy (non-hydrogen) atoms. The first-order valence-electron chi connectivity index (χ1n) is 9.38. The summed E-state index contributed by atoms with van der Waals surface area (Å²) in [5.41, 5.74) is 1.78. The molecular formula is C21H28FN3O2S. The Kier molecular flexibility index (Phi) is 8.44. The number of aliphatic imine (C=N–C) groups is 1. The van der Waals surface area contributed by atoms with E-state index in [4.69, 9.17) is 0 Å². The highest BCUT2D eigenvalue weighted by molar-refractivity contribution is 7.90. The maximum Gasteiger partial charge on any atom is 0.193 e. The van der Waals surface area contributed by atoms with E-state index in [-0.39, 0.29) is 17.3 Å². The van der Waals surface area contributed by atoms with Gasteiger partial charge >= 0.3 is 0 Å². The van der Waals surface area contributed by atoms with Crippen molar-refractivity contribution >= 4 is 15.8 Å². The second kappa shape index (κ2) is 10.8. The van der Waals surface area contributed by atoms with Crippen LogP contribution in [0.1, 0.15) is 24.5 Å². The first kappa shape index (κ1) is 21.9. The lowest BCUT2D eigenvalue weighted by Crippen LogP contribution is -2.38. The van der Waals surface area contributed by atoms with Gasteiger partial charge < -0.3 is 10.2 Å². The SMILES string of the molecule is CCNC(=NCCCS(=O)(=O)Cc1ccccc1)N(C)Cc1ccc(F)cc1. The number of nitrogens with zero attached hydrogens (tertiary/aromatic N) is 2. The first-order valence-corrected chi connectivity index (χ1v) is 11.2. The molecule has 2 rings (SSSR count). The van der Waals surface area contributed by atoms with Crippen LogP contribution in [0.15, 0.2) is 59.6 Å². The average molecular weight is 406 g/mol. The molecule has 152 valence electrons. The van der Waals surface area contributed by atoms with Gasteiger partial charge in [-0.05, 0) is 36.6 Å². The molecule has 2 aromatic rings. The fraction of sp³-hybridized carbons (Fsp3) is 0.381. The molecule has 0 aliphatic heterocycles. The first-order chi connectivity index (χ1) is 13.4. The van der Waals surface area contributed by atoms with E-state index in [0.29, 0.717) is 32.0 Å². The number of guanidine groups is 1. The van der Waals surface area contributed by atoms with Gasteiger partial charge in [-0.3, -0.25) is 4.99 Å². The molecule has 0 heterocycles. The second-order valence-corrected chi connectivity index (χ2v) is 8.83. The van der Waals surface area contributed by atoms with Crippen molar-refractivity contribution in [3.8, 4) is 0 Å². The summed E-state index contributed by atoms with van der Waals surface area (Å²) in [6.45, 7) is 3.69. The summed E-state index contributed by atoms with van der Waals surface area (Å²) in [6, 6.07) is 15.6. The molecule has 0 radical (unpaired) electrons. The number of nitrogens with one attached hydrogen (secondary N) is 1. The topological polar surface area (TPSA) is 61.8 Å². The van der Waals surface area contributed by atoms with Gasteiger partial charge in [0.15, 0.2) is 15.8 Å². The molecule has 5 nitrogen and oxygen atoms in total. The minimum atomic E-state index is -3.16. The maximum absolute atomic E-state index is 13.0. The Hall–Kier alpha value is -2.41.